The zero-order chi connectivity index (χ0) is 23.6. The summed E-state index contributed by atoms with van der Waals surface area (Å²) in [5.41, 5.74) is -0.0574. The van der Waals surface area contributed by atoms with Gasteiger partial charge in [-0.05, 0) is 35.9 Å². The molecule has 1 saturated heterocycles. The monoisotopic (exact) mass is 455 g/mol. The molecule has 1 fully saturated rings. The molecule has 1 aromatic heterocycles. The van der Waals surface area contributed by atoms with Crippen LogP contribution in [0.15, 0.2) is 71.5 Å². The van der Waals surface area contributed by atoms with Gasteiger partial charge in [0, 0.05) is 37.4 Å². The van der Waals surface area contributed by atoms with E-state index in [1.165, 1.54) is 28.0 Å². The van der Waals surface area contributed by atoms with E-state index in [1.807, 2.05) is 30.3 Å². The van der Waals surface area contributed by atoms with Gasteiger partial charge in [0.15, 0.2) is 0 Å². The predicted octanol–water partition coefficient (Wildman–Crippen LogP) is 3.66. The number of alkyl halides is 3. The summed E-state index contributed by atoms with van der Waals surface area (Å²) in [7, 11) is 0. The average Bonchev–Trinajstić information content (AvgIpc) is 2.83. The number of carbonyl (C=O) groups excluding carboxylic acids is 2. The van der Waals surface area contributed by atoms with E-state index in [0.717, 1.165) is 17.7 Å². The number of piperazine rings is 1. The minimum Gasteiger partial charge on any atom is -0.335 e. The molecule has 0 aliphatic carbocycles. The van der Waals surface area contributed by atoms with Crippen molar-refractivity contribution in [3.63, 3.8) is 0 Å². The van der Waals surface area contributed by atoms with Gasteiger partial charge in [0.25, 0.3) is 17.4 Å². The summed E-state index contributed by atoms with van der Waals surface area (Å²) in [6.45, 7) is 0.647. The van der Waals surface area contributed by atoms with Crippen molar-refractivity contribution in [2.75, 3.05) is 26.2 Å². The van der Waals surface area contributed by atoms with Crippen molar-refractivity contribution >= 4 is 11.8 Å². The SMILES string of the molecule is O=C(c1cccc(C(F)(F)F)c1)N1CCN(C(=O)c2ccc(-c3ccccc3)[nH]c2=O)CC1. The Balaban J connectivity index is 1.42. The number of aromatic amines is 1. The molecule has 0 spiro atoms. The number of nitrogens with zero attached hydrogens (tertiary/aromatic N) is 2. The van der Waals surface area contributed by atoms with Crippen LogP contribution in [0.25, 0.3) is 11.3 Å². The smallest absolute Gasteiger partial charge is 0.335 e. The summed E-state index contributed by atoms with van der Waals surface area (Å²) in [5.74, 6) is -0.986. The molecule has 170 valence electrons. The van der Waals surface area contributed by atoms with Crippen LogP contribution in [0.1, 0.15) is 26.3 Å². The Hall–Kier alpha value is -3.88. The lowest BCUT2D eigenvalue weighted by molar-refractivity contribution is -0.137. The summed E-state index contributed by atoms with van der Waals surface area (Å²) in [6.07, 6.45) is -4.54. The maximum atomic E-state index is 12.9. The van der Waals surface area contributed by atoms with Gasteiger partial charge in [-0.2, -0.15) is 13.2 Å². The second-order valence-corrected chi connectivity index (χ2v) is 7.64. The molecule has 0 bridgehead atoms. The van der Waals surface area contributed by atoms with Gasteiger partial charge in [-0.25, -0.2) is 0 Å². The molecular weight excluding hydrogens is 435 g/mol. The van der Waals surface area contributed by atoms with Crippen LogP contribution in [-0.4, -0.2) is 52.8 Å². The minimum atomic E-state index is -4.54. The van der Waals surface area contributed by atoms with Crippen molar-refractivity contribution in [2.24, 2.45) is 0 Å². The van der Waals surface area contributed by atoms with E-state index in [2.05, 4.69) is 4.98 Å². The number of rotatable bonds is 3. The van der Waals surface area contributed by atoms with Crippen molar-refractivity contribution in [1.29, 1.82) is 0 Å². The Morgan fingerprint density at radius 3 is 2.03 bits per heavy atom. The third-order valence-corrected chi connectivity index (χ3v) is 5.52. The van der Waals surface area contributed by atoms with Crippen LogP contribution in [-0.2, 0) is 6.18 Å². The van der Waals surface area contributed by atoms with Crippen LogP contribution >= 0.6 is 0 Å². The molecule has 0 radical (unpaired) electrons. The van der Waals surface area contributed by atoms with E-state index in [9.17, 15) is 27.6 Å². The van der Waals surface area contributed by atoms with Crippen LogP contribution in [0.4, 0.5) is 13.2 Å². The number of pyridine rings is 1. The summed E-state index contributed by atoms with van der Waals surface area (Å²) in [5, 5.41) is 0. The Kier molecular flexibility index (Phi) is 6.04. The van der Waals surface area contributed by atoms with Gasteiger partial charge < -0.3 is 14.8 Å². The Morgan fingerprint density at radius 2 is 1.42 bits per heavy atom. The fourth-order valence-corrected chi connectivity index (χ4v) is 3.72. The van der Waals surface area contributed by atoms with Crippen LogP contribution in [0.2, 0.25) is 0 Å². The Labute approximate surface area is 187 Å². The maximum Gasteiger partial charge on any atom is 0.416 e. The van der Waals surface area contributed by atoms with Crippen LogP contribution < -0.4 is 5.56 Å². The summed E-state index contributed by atoms with van der Waals surface area (Å²) in [4.78, 5) is 43.6. The molecule has 1 aliphatic rings. The maximum absolute atomic E-state index is 12.9. The van der Waals surface area contributed by atoms with E-state index < -0.39 is 29.1 Å². The molecule has 4 rings (SSSR count). The number of hydrogen-bond acceptors (Lipinski definition) is 3. The van der Waals surface area contributed by atoms with Gasteiger partial charge in [0.05, 0.1) is 5.56 Å². The molecule has 0 atom stereocenters. The molecular formula is C24H20F3N3O3. The lowest BCUT2D eigenvalue weighted by Gasteiger charge is -2.34. The highest BCUT2D eigenvalue weighted by molar-refractivity contribution is 5.96. The predicted molar refractivity (Wildman–Crippen MR) is 116 cm³/mol. The lowest BCUT2D eigenvalue weighted by Crippen LogP contribution is -2.51. The van der Waals surface area contributed by atoms with Crippen molar-refractivity contribution in [3.05, 3.63) is 93.8 Å². The first-order chi connectivity index (χ1) is 15.7. The number of nitrogens with one attached hydrogen (secondary N) is 1. The number of H-pyrrole nitrogens is 1. The Bertz CT molecular complexity index is 1230. The van der Waals surface area contributed by atoms with Crippen LogP contribution in [0, 0.1) is 0 Å². The van der Waals surface area contributed by atoms with Crippen molar-refractivity contribution < 1.29 is 22.8 Å². The van der Waals surface area contributed by atoms with Gasteiger partial charge in [0.2, 0.25) is 0 Å². The van der Waals surface area contributed by atoms with E-state index in [0.29, 0.717) is 5.69 Å². The zero-order valence-corrected chi connectivity index (χ0v) is 17.4. The van der Waals surface area contributed by atoms with Crippen molar-refractivity contribution in [3.8, 4) is 11.3 Å². The first-order valence-corrected chi connectivity index (χ1v) is 10.3. The van der Waals surface area contributed by atoms with E-state index in [4.69, 9.17) is 0 Å². The average molecular weight is 455 g/mol. The number of halogens is 3. The quantitative estimate of drug-likeness (QED) is 0.655. The number of aromatic nitrogens is 1. The van der Waals surface area contributed by atoms with Crippen molar-refractivity contribution in [2.45, 2.75) is 6.18 Å². The molecule has 2 aromatic carbocycles. The molecule has 2 amide bonds. The fourth-order valence-electron chi connectivity index (χ4n) is 3.72. The summed E-state index contributed by atoms with van der Waals surface area (Å²) >= 11 is 0. The molecule has 9 heteroatoms. The molecule has 1 aliphatic heterocycles. The van der Waals surface area contributed by atoms with Gasteiger partial charge in [-0.3, -0.25) is 14.4 Å². The fraction of sp³-hybridized carbons (Fsp3) is 0.208. The largest absolute Gasteiger partial charge is 0.416 e. The van der Waals surface area contributed by atoms with Gasteiger partial charge in [-0.1, -0.05) is 36.4 Å². The minimum absolute atomic E-state index is 0.00710. The first-order valence-electron chi connectivity index (χ1n) is 10.3. The third-order valence-electron chi connectivity index (χ3n) is 5.52. The Morgan fingerprint density at radius 1 is 0.788 bits per heavy atom. The van der Waals surface area contributed by atoms with Gasteiger partial charge >= 0.3 is 6.18 Å². The number of carbonyl (C=O) groups is 2. The molecule has 1 N–H and O–H groups in total. The van der Waals surface area contributed by atoms with Crippen LogP contribution in [0.5, 0.6) is 0 Å². The van der Waals surface area contributed by atoms with Gasteiger partial charge in [-0.15, -0.1) is 0 Å². The number of benzene rings is 2. The molecule has 6 nitrogen and oxygen atoms in total. The summed E-state index contributed by atoms with van der Waals surface area (Å²) in [6, 6.07) is 16.6. The van der Waals surface area contributed by atoms with E-state index in [-0.39, 0.29) is 37.3 Å². The lowest BCUT2D eigenvalue weighted by atomic mass is 10.1. The van der Waals surface area contributed by atoms with E-state index in [1.54, 1.807) is 6.07 Å². The number of amides is 2. The standard InChI is InChI=1S/C24H20F3N3O3/c25-24(26,27)18-8-4-7-17(15-18)22(32)29-11-13-30(14-12-29)23(33)19-9-10-20(28-21(19)31)16-5-2-1-3-6-16/h1-10,15H,11-14H2,(H,28,31). The number of hydrogen-bond donors (Lipinski definition) is 1. The molecule has 0 saturated carbocycles. The molecule has 0 unspecified atom stereocenters. The molecule has 3 aromatic rings. The zero-order valence-electron chi connectivity index (χ0n) is 17.4. The second kappa shape index (κ2) is 8.93. The second-order valence-electron chi connectivity index (χ2n) is 7.64. The van der Waals surface area contributed by atoms with Crippen molar-refractivity contribution in [1.82, 2.24) is 14.8 Å². The van der Waals surface area contributed by atoms with Gasteiger partial charge in [0.1, 0.15) is 5.56 Å². The topological polar surface area (TPSA) is 73.5 Å². The molecule has 33 heavy (non-hydrogen) atoms. The highest BCUT2D eigenvalue weighted by Gasteiger charge is 2.32. The van der Waals surface area contributed by atoms with Crippen LogP contribution in [0.3, 0.4) is 0 Å². The van der Waals surface area contributed by atoms with E-state index >= 15 is 0 Å². The summed E-state index contributed by atoms with van der Waals surface area (Å²) < 4.78 is 38.8. The third kappa shape index (κ3) is 4.82. The highest BCUT2D eigenvalue weighted by Crippen LogP contribution is 2.29. The molecule has 2 heterocycles. The highest BCUT2D eigenvalue weighted by atomic mass is 19.4. The first kappa shape index (κ1) is 22.3. The normalized spacial score (nSPS) is 14.3.